The van der Waals surface area contributed by atoms with Crippen LogP contribution in [0, 0.1) is 5.92 Å². The monoisotopic (exact) mass is 485 g/mol. The Bertz CT molecular complexity index is 1040. The average molecular weight is 486 g/mol. The summed E-state index contributed by atoms with van der Waals surface area (Å²) in [7, 11) is 0. The molecule has 3 rings (SSSR count). The predicted octanol–water partition coefficient (Wildman–Crippen LogP) is 3.31. The van der Waals surface area contributed by atoms with Crippen LogP contribution in [0.2, 0.25) is 0 Å². The van der Waals surface area contributed by atoms with Crippen molar-refractivity contribution >= 4 is 29.4 Å². The van der Waals surface area contributed by atoms with Crippen molar-refractivity contribution in [2.45, 2.75) is 59.4 Å². The Labute approximate surface area is 207 Å². The summed E-state index contributed by atoms with van der Waals surface area (Å²) in [5.41, 5.74) is 1.95. The van der Waals surface area contributed by atoms with E-state index in [1.165, 1.54) is 0 Å². The van der Waals surface area contributed by atoms with Crippen LogP contribution in [-0.4, -0.2) is 66.2 Å². The summed E-state index contributed by atoms with van der Waals surface area (Å²) in [6, 6.07) is 7.60. The lowest BCUT2D eigenvalue weighted by molar-refractivity contribution is -0.148. The molecule has 192 valence electrons. The van der Waals surface area contributed by atoms with Gasteiger partial charge in [0.15, 0.2) is 0 Å². The summed E-state index contributed by atoms with van der Waals surface area (Å²) in [6.45, 7) is 12.1. The highest BCUT2D eigenvalue weighted by atomic mass is 16.5. The normalized spacial score (nSPS) is 13.7. The summed E-state index contributed by atoms with van der Waals surface area (Å²) in [5, 5.41) is 1.62. The van der Waals surface area contributed by atoms with E-state index in [0.717, 1.165) is 55.5 Å². The number of nitrogens with zero attached hydrogens (tertiary/aromatic N) is 2. The van der Waals surface area contributed by atoms with Crippen molar-refractivity contribution in [2.24, 2.45) is 5.92 Å². The number of esters is 1. The number of hydrogen-bond acceptors (Lipinski definition) is 6. The fourth-order valence-corrected chi connectivity index (χ4v) is 4.64. The molecule has 1 N–H and O–H groups in total. The van der Waals surface area contributed by atoms with E-state index in [1.54, 1.807) is 0 Å². The molecule has 0 radical (unpaired) electrons. The number of pyridine rings is 1. The van der Waals surface area contributed by atoms with Crippen LogP contribution in [0.1, 0.15) is 57.7 Å². The van der Waals surface area contributed by atoms with Gasteiger partial charge in [0.25, 0.3) is 5.56 Å². The van der Waals surface area contributed by atoms with E-state index in [9.17, 15) is 14.4 Å². The van der Waals surface area contributed by atoms with Gasteiger partial charge in [-0.3, -0.25) is 14.4 Å². The quantitative estimate of drug-likeness (QED) is 0.490. The predicted molar refractivity (Wildman–Crippen MR) is 137 cm³/mol. The van der Waals surface area contributed by atoms with E-state index in [0.29, 0.717) is 37.9 Å². The maximum absolute atomic E-state index is 12.9. The Morgan fingerprint density at radius 3 is 2.51 bits per heavy atom. The lowest BCUT2D eigenvalue weighted by atomic mass is 9.98. The maximum Gasteiger partial charge on any atom is 0.308 e. The molecular weight excluding hydrogens is 446 g/mol. The van der Waals surface area contributed by atoms with Crippen LogP contribution in [-0.2, 0) is 32.1 Å². The van der Waals surface area contributed by atoms with Gasteiger partial charge in [-0.25, -0.2) is 0 Å². The molecule has 2 aromatic rings. The van der Waals surface area contributed by atoms with E-state index < -0.39 is 0 Å². The molecule has 0 spiro atoms. The second kappa shape index (κ2) is 14.4. The Morgan fingerprint density at radius 2 is 1.86 bits per heavy atom. The van der Waals surface area contributed by atoms with Gasteiger partial charge >= 0.3 is 5.97 Å². The highest BCUT2D eigenvalue weighted by Gasteiger charge is 2.24. The van der Waals surface area contributed by atoms with Crippen molar-refractivity contribution in [3.05, 3.63) is 45.9 Å². The highest BCUT2D eigenvalue weighted by Crippen LogP contribution is 2.24. The van der Waals surface area contributed by atoms with E-state index >= 15 is 0 Å². The molecule has 0 aliphatic carbocycles. The lowest BCUT2D eigenvalue weighted by Crippen LogP contribution is -2.37. The highest BCUT2D eigenvalue weighted by molar-refractivity contribution is 5.86. The van der Waals surface area contributed by atoms with Crippen molar-refractivity contribution < 1.29 is 19.1 Å². The third kappa shape index (κ3) is 7.49. The molecule has 0 fully saturated rings. The van der Waals surface area contributed by atoms with Crippen molar-refractivity contribution in [2.75, 3.05) is 32.8 Å². The number of carbonyl (C=O) groups excluding carboxylic acids is 3. The molecule has 1 atom stereocenters. The van der Waals surface area contributed by atoms with Crippen molar-refractivity contribution in [3.63, 3.8) is 0 Å². The minimum absolute atomic E-state index is 0.0583. The van der Waals surface area contributed by atoms with Crippen LogP contribution in [0.5, 0.6) is 0 Å². The van der Waals surface area contributed by atoms with Gasteiger partial charge < -0.3 is 24.3 Å². The van der Waals surface area contributed by atoms with Gasteiger partial charge in [0.05, 0.1) is 12.5 Å². The van der Waals surface area contributed by atoms with Gasteiger partial charge in [-0.1, -0.05) is 32.0 Å². The molecule has 8 heteroatoms. The molecule has 1 unspecified atom stereocenters. The molecule has 35 heavy (non-hydrogen) atoms. The molecule has 0 bridgehead atoms. The van der Waals surface area contributed by atoms with E-state index in [4.69, 9.17) is 9.53 Å². The van der Waals surface area contributed by atoms with Crippen LogP contribution in [0.4, 0.5) is 0 Å². The molecular formula is C27H39N3O5. The van der Waals surface area contributed by atoms with Gasteiger partial charge in [0, 0.05) is 37.0 Å². The molecule has 8 nitrogen and oxygen atoms in total. The Kier molecular flexibility index (Phi) is 11.6. The number of rotatable bonds is 11. The zero-order chi connectivity index (χ0) is 25.8. The van der Waals surface area contributed by atoms with Gasteiger partial charge in [0.2, 0.25) is 5.91 Å². The SMILES string of the molecule is C=O.CCOC(=O)C(CC)CCN(CC)CCCC(=O)N1CCc2[nH]c(=O)c3ccccc3c2C1. The van der Waals surface area contributed by atoms with Crippen LogP contribution >= 0.6 is 0 Å². The minimum Gasteiger partial charge on any atom is -0.466 e. The number of H-pyrrole nitrogens is 1. The third-order valence-electron chi connectivity index (χ3n) is 6.68. The zero-order valence-corrected chi connectivity index (χ0v) is 21.3. The van der Waals surface area contributed by atoms with Crippen LogP contribution in [0.3, 0.4) is 0 Å². The molecule has 2 heterocycles. The number of ether oxygens (including phenoxy) is 1. The molecule has 1 aliphatic rings. The summed E-state index contributed by atoms with van der Waals surface area (Å²) < 4.78 is 5.17. The number of hydrogen-bond donors (Lipinski definition) is 1. The smallest absolute Gasteiger partial charge is 0.308 e. The standard InChI is InChI=1S/C26H37N3O4.CH2O/c1-4-19(26(32)33-6-3)13-16-28(5-2)15-9-12-24(30)29-17-14-23-22(18-29)20-10-7-8-11-21(20)25(31)27-23;1-2/h7-8,10-11,19H,4-6,9,12-18H2,1-3H3,(H,27,31);1H2. The first-order chi connectivity index (χ1) is 17.0. The van der Waals surface area contributed by atoms with E-state index in [2.05, 4.69) is 16.8 Å². The van der Waals surface area contributed by atoms with Crippen molar-refractivity contribution in [3.8, 4) is 0 Å². The van der Waals surface area contributed by atoms with Crippen LogP contribution < -0.4 is 5.56 Å². The number of aromatic amines is 1. The summed E-state index contributed by atoms with van der Waals surface area (Å²) >= 11 is 0. The molecule has 1 aromatic carbocycles. The van der Waals surface area contributed by atoms with Gasteiger partial charge in [0.1, 0.15) is 6.79 Å². The second-order valence-electron chi connectivity index (χ2n) is 8.71. The van der Waals surface area contributed by atoms with Gasteiger partial charge in [-0.15, -0.1) is 0 Å². The first-order valence-electron chi connectivity index (χ1n) is 12.6. The Balaban J connectivity index is 0.00000210. The lowest BCUT2D eigenvalue weighted by Gasteiger charge is -2.30. The average Bonchev–Trinajstić information content (AvgIpc) is 2.89. The molecule has 1 aliphatic heterocycles. The third-order valence-corrected chi connectivity index (χ3v) is 6.68. The molecule has 0 saturated heterocycles. The molecule has 1 amide bonds. The van der Waals surface area contributed by atoms with Gasteiger partial charge in [-0.05, 0) is 62.8 Å². The minimum atomic E-state index is -0.106. The number of carbonyl (C=O) groups is 3. The number of amides is 1. The largest absolute Gasteiger partial charge is 0.466 e. The maximum atomic E-state index is 12.9. The number of benzene rings is 1. The second-order valence-corrected chi connectivity index (χ2v) is 8.71. The fraction of sp³-hybridized carbons (Fsp3) is 0.556. The fourth-order valence-electron chi connectivity index (χ4n) is 4.64. The summed E-state index contributed by atoms with van der Waals surface area (Å²) in [4.78, 5) is 52.5. The Hall–Kier alpha value is -3.00. The first-order valence-corrected chi connectivity index (χ1v) is 12.6. The van der Waals surface area contributed by atoms with Crippen molar-refractivity contribution in [1.82, 2.24) is 14.8 Å². The summed E-state index contributed by atoms with van der Waals surface area (Å²) in [5.74, 6) is -0.00858. The summed E-state index contributed by atoms with van der Waals surface area (Å²) in [6.07, 6.45) is 3.53. The van der Waals surface area contributed by atoms with Crippen molar-refractivity contribution in [1.29, 1.82) is 0 Å². The Morgan fingerprint density at radius 1 is 1.14 bits per heavy atom. The zero-order valence-electron chi connectivity index (χ0n) is 21.3. The number of aromatic nitrogens is 1. The molecule has 0 saturated carbocycles. The number of nitrogens with one attached hydrogen (secondary N) is 1. The van der Waals surface area contributed by atoms with Crippen LogP contribution in [0.15, 0.2) is 29.1 Å². The van der Waals surface area contributed by atoms with E-state index in [-0.39, 0.29) is 23.4 Å². The van der Waals surface area contributed by atoms with Gasteiger partial charge in [-0.2, -0.15) is 0 Å². The topological polar surface area (TPSA) is 99.8 Å². The number of fused-ring (bicyclic) bond motifs is 3. The first kappa shape index (κ1) is 28.2. The van der Waals surface area contributed by atoms with E-state index in [1.807, 2.05) is 49.8 Å². The molecule has 1 aromatic heterocycles. The van der Waals surface area contributed by atoms with Crippen LogP contribution in [0.25, 0.3) is 10.8 Å².